The third kappa shape index (κ3) is 7.93. The van der Waals surface area contributed by atoms with Gasteiger partial charge in [-0.2, -0.15) is 0 Å². The standard InChI is InChI=1S/C17H27NO4S/c1-9-11(18)13(23-10-2)12(14(19)21-16(3,4)5)15(20)22-17(6,7)8/h9-10,12H,1-2,18H2,3-8H3/b13-11+. The molecule has 0 radical (unpaired) electrons. The lowest BCUT2D eigenvalue weighted by Crippen LogP contribution is -2.38. The van der Waals surface area contributed by atoms with E-state index in [0.29, 0.717) is 4.91 Å². The van der Waals surface area contributed by atoms with Crippen molar-refractivity contribution in [2.75, 3.05) is 0 Å². The molecule has 6 heteroatoms. The summed E-state index contributed by atoms with van der Waals surface area (Å²) in [6.07, 6.45) is 1.37. The predicted molar refractivity (Wildman–Crippen MR) is 94.4 cm³/mol. The van der Waals surface area contributed by atoms with Crippen LogP contribution >= 0.6 is 11.8 Å². The lowest BCUT2D eigenvalue weighted by molar-refractivity contribution is -0.171. The van der Waals surface area contributed by atoms with Crippen LogP contribution in [0, 0.1) is 5.92 Å². The molecule has 0 saturated heterocycles. The molecular formula is C17H27NO4S. The van der Waals surface area contributed by atoms with E-state index in [2.05, 4.69) is 13.2 Å². The molecule has 0 bridgehead atoms. The molecule has 0 aromatic rings. The van der Waals surface area contributed by atoms with E-state index in [9.17, 15) is 9.59 Å². The molecule has 0 unspecified atom stereocenters. The van der Waals surface area contributed by atoms with E-state index >= 15 is 0 Å². The average molecular weight is 341 g/mol. The second-order valence-electron chi connectivity index (χ2n) is 6.81. The SMILES string of the molecule is C=CS/C(=C(/N)C=C)C(C(=O)OC(C)(C)C)C(=O)OC(C)(C)C. The molecule has 0 amide bonds. The molecule has 0 aliphatic rings. The highest BCUT2D eigenvalue weighted by Gasteiger charge is 2.38. The Morgan fingerprint density at radius 2 is 1.39 bits per heavy atom. The fourth-order valence-corrected chi connectivity index (χ4v) is 2.25. The van der Waals surface area contributed by atoms with Crippen molar-refractivity contribution in [3.8, 4) is 0 Å². The number of esters is 2. The molecule has 0 aromatic heterocycles. The van der Waals surface area contributed by atoms with Gasteiger partial charge < -0.3 is 15.2 Å². The van der Waals surface area contributed by atoms with Gasteiger partial charge in [0.2, 0.25) is 0 Å². The molecule has 0 rings (SSSR count). The third-order valence-corrected chi connectivity index (χ3v) is 3.15. The molecule has 0 aromatic carbocycles. The summed E-state index contributed by atoms with van der Waals surface area (Å²) in [4.78, 5) is 25.3. The Kier molecular flexibility index (Phi) is 7.64. The highest BCUT2D eigenvalue weighted by Crippen LogP contribution is 2.31. The second kappa shape index (κ2) is 8.24. The van der Waals surface area contributed by atoms with Crippen LogP contribution in [0.4, 0.5) is 0 Å². The molecule has 0 aliphatic carbocycles. The molecule has 2 N–H and O–H groups in total. The van der Waals surface area contributed by atoms with Gasteiger partial charge in [-0.15, -0.1) is 0 Å². The van der Waals surface area contributed by atoms with E-state index in [1.165, 1.54) is 11.5 Å². The van der Waals surface area contributed by atoms with Gasteiger partial charge in [0.25, 0.3) is 0 Å². The van der Waals surface area contributed by atoms with E-state index in [1.807, 2.05) is 0 Å². The van der Waals surface area contributed by atoms with Crippen LogP contribution in [-0.4, -0.2) is 23.1 Å². The van der Waals surface area contributed by atoms with Gasteiger partial charge in [0, 0.05) is 10.6 Å². The minimum atomic E-state index is -1.28. The number of thioether (sulfide) groups is 1. The number of ether oxygens (including phenoxy) is 2. The van der Waals surface area contributed by atoms with Gasteiger partial charge in [-0.1, -0.05) is 24.9 Å². The minimum Gasteiger partial charge on any atom is -0.459 e. The zero-order chi connectivity index (χ0) is 18.4. The largest absolute Gasteiger partial charge is 0.459 e. The van der Waals surface area contributed by atoms with Gasteiger partial charge in [-0.25, -0.2) is 0 Å². The predicted octanol–water partition coefficient (Wildman–Crippen LogP) is 3.52. The number of rotatable bonds is 6. The molecule has 5 nitrogen and oxygen atoms in total. The van der Waals surface area contributed by atoms with Gasteiger partial charge >= 0.3 is 11.9 Å². The van der Waals surface area contributed by atoms with Crippen molar-refractivity contribution >= 4 is 23.7 Å². The number of carbonyl (C=O) groups excluding carboxylic acids is 2. The molecule has 0 fully saturated rings. The van der Waals surface area contributed by atoms with E-state index in [4.69, 9.17) is 15.2 Å². The first kappa shape index (κ1) is 21.3. The maximum atomic E-state index is 12.5. The van der Waals surface area contributed by atoms with Crippen molar-refractivity contribution in [1.29, 1.82) is 0 Å². The number of nitrogens with two attached hydrogens (primary N) is 1. The quantitative estimate of drug-likeness (QED) is 0.452. The van der Waals surface area contributed by atoms with E-state index in [1.54, 1.807) is 41.5 Å². The summed E-state index contributed by atoms with van der Waals surface area (Å²) in [6.45, 7) is 17.5. The normalized spacial score (nSPS) is 13.2. The molecule has 130 valence electrons. The van der Waals surface area contributed by atoms with E-state index in [-0.39, 0.29) is 5.70 Å². The van der Waals surface area contributed by atoms with Gasteiger partial charge in [0.05, 0.1) is 0 Å². The lowest BCUT2D eigenvalue weighted by Gasteiger charge is -2.27. The van der Waals surface area contributed by atoms with Crippen LogP contribution in [0.15, 0.2) is 35.2 Å². The molecule has 0 atom stereocenters. The Bertz CT molecular complexity index is 482. The van der Waals surface area contributed by atoms with Gasteiger partial charge in [-0.3, -0.25) is 9.59 Å². The molecule has 0 saturated carbocycles. The molecular weight excluding hydrogens is 314 g/mol. The van der Waals surface area contributed by atoms with E-state index < -0.39 is 29.1 Å². The van der Waals surface area contributed by atoms with Gasteiger partial charge in [0.15, 0.2) is 5.92 Å². The number of hydrogen-bond acceptors (Lipinski definition) is 6. The van der Waals surface area contributed by atoms with Crippen molar-refractivity contribution in [3.63, 3.8) is 0 Å². The zero-order valence-corrected chi connectivity index (χ0v) is 15.6. The van der Waals surface area contributed by atoms with Crippen LogP contribution < -0.4 is 5.73 Å². The summed E-state index contributed by atoms with van der Waals surface area (Å²) < 4.78 is 10.7. The summed E-state index contributed by atoms with van der Waals surface area (Å²) in [6, 6.07) is 0. The minimum absolute atomic E-state index is 0.205. The zero-order valence-electron chi connectivity index (χ0n) is 14.8. The second-order valence-corrected chi connectivity index (χ2v) is 7.82. The van der Waals surface area contributed by atoms with Crippen LogP contribution in [0.2, 0.25) is 0 Å². The summed E-state index contributed by atoms with van der Waals surface area (Å²) >= 11 is 1.07. The van der Waals surface area contributed by atoms with Crippen LogP contribution in [0.5, 0.6) is 0 Å². The maximum Gasteiger partial charge on any atom is 0.326 e. The fraction of sp³-hybridized carbons (Fsp3) is 0.529. The fourth-order valence-electron chi connectivity index (χ4n) is 1.52. The summed E-state index contributed by atoms with van der Waals surface area (Å²) in [5.74, 6) is -2.73. The first-order valence-electron chi connectivity index (χ1n) is 7.17. The first-order chi connectivity index (χ1) is 10.3. The van der Waals surface area contributed by atoms with Crippen LogP contribution in [0.3, 0.4) is 0 Å². The van der Waals surface area contributed by atoms with Crippen molar-refractivity contribution < 1.29 is 19.1 Å². The average Bonchev–Trinajstić information content (AvgIpc) is 2.32. The van der Waals surface area contributed by atoms with Crippen molar-refractivity contribution in [1.82, 2.24) is 0 Å². The van der Waals surface area contributed by atoms with Gasteiger partial charge in [0.1, 0.15) is 11.2 Å². The maximum absolute atomic E-state index is 12.5. The van der Waals surface area contributed by atoms with Crippen LogP contribution in [0.1, 0.15) is 41.5 Å². The molecule has 0 spiro atoms. The van der Waals surface area contributed by atoms with Crippen molar-refractivity contribution in [3.05, 3.63) is 35.2 Å². The third-order valence-electron chi connectivity index (χ3n) is 2.26. The molecule has 23 heavy (non-hydrogen) atoms. The Labute approximate surface area is 143 Å². The van der Waals surface area contributed by atoms with Crippen LogP contribution in [0.25, 0.3) is 0 Å². The van der Waals surface area contributed by atoms with Crippen molar-refractivity contribution in [2.45, 2.75) is 52.7 Å². The number of carbonyl (C=O) groups is 2. The summed E-state index contributed by atoms with van der Waals surface area (Å²) in [5.41, 5.74) is 4.60. The molecule has 0 aliphatic heterocycles. The lowest BCUT2D eigenvalue weighted by atomic mass is 10.1. The monoisotopic (exact) mass is 341 g/mol. The Hall–Kier alpha value is -1.69. The number of allylic oxidation sites excluding steroid dienone is 1. The summed E-state index contributed by atoms with van der Waals surface area (Å²) in [7, 11) is 0. The van der Waals surface area contributed by atoms with E-state index in [0.717, 1.165) is 11.8 Å². The van der Waals surface area contributed by atoms with Crippen molar-refractivity contribution in [2.24, 2.45) is 11.7 Å². The Morgan fingerprint density at radius 1 is 1.00 bits per heavy atom. The van der Waals surface area contributed by atoms with Crippen LogP contribution in [-0.2, 0) is 19.1 Å². The highest BCUT2D eigenvalue weighted by atomic mass is 32.2. The van der Waals surface area contributed by atoms with Gasteiger partial charge in [-0.05, 0) is 53.0 Å². The summed E-state index contributed by atoms with van der Waals surface area (Å²) in [5, 5.41) is 1.48. The Balaban J connectivity index is 5.87. The smallest absolute Gasteiger partial charge is 0.326 e. The topological polar surface area (TPSA) is 78.6 Å². The number of hydrogen-bond donors (Lipinski definition) is 1. The highest BCUT2D eigenvalue weighted by molar-refractivity contribution is 8.05. The molecule has 0 heterocycles. The Morgan fingerprint density at radius 3 is 1.65 bits per heavy atom. The first-order valence-corrected chi connectivity index (χ1v) is 8.05.